The fourth-order valence-corrected chi connectivity index (χ4v) is 4.16. The minimum Gasteiger partial charge on any atom is -0.337 e. The first-order chi connectivity index (χ1) is 14.4. The SMILES string of the molecule is c1cnc(N2CCN(c3ncc(-c4cccs4)c(-c4cccnc4)n3)CC2)nc1. The fraction of sp³-hybridized carbons (Fsp3) is 0.190. The Labute approximate surface area is 172 Å². The van der Waals surface area contributed by atoms with Crippen molar-refractivity contribution in [1.82, 2.24) is 24.9 Å². The Kier molecular flexibility index (Phi) is 4.83. The second kappa shape index (κ2) is 7.92. The van der Waals surface area contributed by atoms with E-state index in [2.05, 4.69) is 36.2 Å². The van der Waals surface area contributed by atoms with Crippen LogP contribution in [0.3, 0.4) is 0 Å². The standard InChI is InChI=1S/C21H19N7S/c1-4-16(14-22-6-1)19-17(18-5-2-13-29-18)15-25-21(26-19)28-11-9-27(10-12-28)20-23-7-3-8-24-20/h1-8,13-15H,9-12H2. The average molecular weight is 401 g/mol. The van der Waals surface area contributed by atoms with Crippen LogP contribution in [0.15, 0.2) is 66.7 Å². The van der Waals surface area contributed by atoms with E-state index < -0.39 is 0 Å². The summed E-state index contributed by atoms with van der Waals surface area (Å²) in [6, 6.07) is 9.96. The number of hydrogen-bond donors (Lipinski definition) is 0. The van der Waals surface area contributed by atoms with Gasteiger partial charge in [-0.05, 0) is 29.6 Å². The summed E-state index contributed by atoms with van der Waals surface area (Å²) in [5.41, 5.74) is 2.95. The second-order valence-electron chi connectivity index (χ2n) is 6.67. The Bertz CT molecular complexity index is 1060. The number of hydrogen-bond acceptors (Lipinski definition) is 8. The molecule has 4 aromatic heterocycles. The molecule has 5 heterocycles. The van der Waals surface area contributed by atoms with Crippen LogP contribution in [-0.2, 0) is 0 Å². The van der Waals surface area contributed by atoms with E-state index in [0.717, 1.165) is 59.8 Å². The molecule has 0 amide bonds. The van der Waals surface area contributed by atoms with Gasteiger partial charge in [-0.3, -0.25) is 4.98 Å². The normalized spacial score (nSPS) is 14.2. The van der Waals surface area contributed by atoms with Gasteiger partial charge in [-0.1, -0.05) is 6.07 Å². The molecule has 1 aliphatic rings. The van der Waals surface area contributed by atoms with Gasteiger partial charge in [-0.25, -0.2) is 19.9 Å². The van der Waals surface area contributed by atoms with Gasteiger partial charge in [-0.2, -0.15) is 0 Å². The molecule has 0 radical (unpaired) electrons. The summed E-state index contributed by atoms with van der Waals surface area (Å²) in [4.78, 5) is 28.2. The van der Waals surface area contributed by atoms with Crippen molar-refractivity contribution in [3.63, 3.8) is 0 Å². The third-order valence-corrected chi connectivity index (χ3v) is 5.80. The highest BCUT2D eigenvalue weighted by Gasteiger charge is 2.22. The second-order valence-corrected chi connectivity index (χ2v) is 7.62. The van der Waals surface area contributed by atoms with Crippen molar-refractivity contribution >= 4 is 23.2 Å². The van der Waals surface area contributed by atoms with Crippen LogP contribution in [-0.4, -0.2) is 51.1 Å². The number of rotatable bonds is 4. The molecule has 0 unspecified atom stereocenters. The van der Waals surface area contributed by atoms with Crippen LogP contribution in [0.4, 0.5) is 11.9 Å². The Balaban J connectivity index is 1.43. The number of piperazine rings is 1. The Morgan fingerprint density at radius 1 is 0.759 bits per heavy atom. The highest BCUT2D eigenvalue weighted by molar-refractivity contribution is 7.13. The summed E-state index contributed by atoms with van der Waals surface area (Å²) in [5, 5.41) is 2.07. The highest BCUT2D eigenvalue weighted by Crippen LogP contribution is 2.33. The summed E-state index contributed by atoms with van der Waals surface area (Å²) < 4.78 is 0. The zero-order chi connectivity index (χ0) is 19.5. The van der Waals surface area contributed by atoms with E-state index in [1.165, 1.54) is 0 Å². The lowest BCUT2D eigenvalue weighted by Gasteiger charge is -2.34. The van der Waals surface area contributed by atoms with Crippen molar-refractivity contribution in [2.45, 2.75) is 0 Å². The molecule has 1 fully saturated rings. The fourth-order valence-electron chi connectivity index (χ4n) is 3.42. The first-order valence-corrected chi connectivity index (χ1v) is 10.3. The summed E-state index contributed by atoms with van der Waals surface area (Å²) in [5.74, 6) is 1.52. The van der Waals surface area contributed by atoms with Crippen LogP contribution in [0.2, 0.25) is 0 Å². The third-order valence-electron chi connectivity index (χ3n) is 4.90. The molecule has 5 rings (SSSR count). The lowest BCUT2D eigenvalue weighted by atomic mass is 10.1. The van der Waals surface area contributed by atoms with Gasteiger partial charge >= 0.3 is 0 Å². The summed E-state index contributed by atoms with van der Waals surface area (Å²) in [6.07, 6.45) is 9.13. The quantitative estimate of drug-likeness (QED) is 0.519. The van der Waals surface area contributed by atoms with Crippen molar-refractivity contribution in [3.8, 4) is 21.7 Å². The van der Waals surface area contributed by atoms with E-state index in [1.54, 1.807) is 29.9 Å². The van der Waals surface area contributed by atoms with Gasteiger partial charge in [0.1, 0.15) is 0 Å². The number of aromatic nitrogens is 5. The predicted octanol–water partition coefficient (Wildman–Crippen LogP) is 3.38. The van der Waals surface area contributed by atoms with E-state index in [4.69, 9.17) is 9.97 Å². The number of pyridine rings is 1. The maximum Gasteiger partial charge on any atom is 0.226 e. The molecule has 7 nitrogen and oxygen atoms in total. The number of nitrogens with zero attached hydrogens (tertiary/aromatic N) is 7. The molecule has 8 heteroatoms. The molecule has 0 saturated carbocycles. The topological polar surface area (TPSA) is 70.9 Å². The van der Waals surface area contributed by atoms with Crippen LogP contribution in [0.1, 0.15) is 0 Å². The van der Waals surface area contributed by atoms with Crippen LogP contribution in [0.5, 0.6) is 0 Å². The van der Waals surface area contributed by atoms with E-state index in [1.807, 2.05) is 36.7 Å². The Morgan fingerprint density at radius 3 is 2.24 bits per heavy atom. The first kappa shape index (κ1) is 17.7. The summed E-state index contributed by atoms with van der Waals surface area (Å²) >= 11 is 1.69. The number of thiophene rings is 1. The zero-order valence-corrected chi connectivity index (χ0v) is 16.5. The van der Waals surface area contributed by atoms with E-state index >= 15 is 0 Å². The molecule has 4 aromatic rings. The predicted molar refractivity (Wildman–Crippen MR) is 115 cm³/mol. The zero-order valence-electron chi connectivity index (χ0n) is 15.7. The maximum absolute atomic E-state index is 4.95. The van der Waals surface area contributed by atoms with Crippen molar-refractivity contribution in [1.29, 1.82) is 0 Å². The lowest BCUT2D eigenvalue weighted by molar-refractivity contribution is 0.628. The van der Waals surface area contributed by atoms with E-state index in [0.29, 0.717) is 0 Å². The Hall–Kier alpha value is -3.39. The Morgan fingerprint density at radius 2 is 1.55 bits per heavy atom. The molecule has 1 saturated heterocycles. The number of anilines is 2. The maximum atomic E-state index is 4.95. The summed E-state index contributed by atoms with van der Waals surface area (Å²) in [6.45, 7) is 3.32. The molecule has 29 heavy (non-hydrogen) atoms. The van der Waals surface area contributed by atoms with Gasteiger partial charge in [0, 0.05) is 73.2 Å². The van der Waals surface area contributed by atoms with Crippen LogP contribution < -0.4 is 9.80 Å². The monoisotopic (exact) mass is 401 g/mol. The molecule has 0 aliphatic carbocycles. The lowest BCUT2D eigenvalue weighted by Crippen LogP contribution is -2.47. The molecule has 0 N–H and O–H groups in total. The molecular formula is C21H19N7S. The van der Waals surface area contributed by atoms with Gasteiger partial charge in [0.2, 0.25) is 11.9 Å². The van der Waals surface area contributed by atoms with Gasteiger partial charge in [0.05, 0.1) is 5.69 Å². The molecule has 0 atom stereocenters. The van der Waals surface area contributed by atoms with Gasteiger partial charge in [0.25, 0.3) is 0 Å². The van der Waals surface area contributed by atoms with Crippen molar-refractivity contribution in [2.75, 3.05) is 36.0 Å². The van der Waals surface area contributed by atoms with Crippen molar-refractivity contribution < 1.29 is 0 Å². The van der Waals surface area contributed by atoms with Crippen LogP contribution >= 0.6 is 11.3 Å². The highest BCUT2D eigenvalue weighted by atomic mass is 32.1. The third kappa shape index (κ3) is 3.66. The molecule has 1 aliphatic heterocycles. The largest absolute Gasteiger partial charge is 0.337 e. The van der Waals surface area contributed by atoms with Crippen molar-refractivity contribution in [2.24, 2.45) is 0 Å². The summed E-state index contributed by atoms with van der Waals surface area (Å²) in [7, 11) is 0. The molecule has 0 aromatic carbocycles. The average Bonchev–Trinajstić information content (AvgIpc) is 3.35. The van der Waals surface area contributed by atoms with Gasteiger partial charge in [-0.15, -0.1) is 11.3 Å². The van der Waals surface area contributed by atoms with Gasteiger partial charge < -0.3 is 9.80 Å². The van der Waals surface area contributed by atoms with E-state index in [-0.39, 0.29) is 0 Å². The smallest absolute Gasteiger partial charge is 0.226 e. The molecule has 0 bridgehead atoms. The minimum absolute atomic E-state index is 0.748. The minimum atomic E-state index is 0.748. The van der Waals surface area contributed by atoms with Gasteiger partial charge in [0.15, 0.2) is 0 Å². The first-order valence-electron chi connectivity index (χ1n) is 9.47. The van der Waals surface area contributed by atoms with Crippen LogP contribution in [0, 0.1) is 0 Å². The van der Waals surface area contributed by atoms with Crippen molar-refractivity contribution in [3.05, 3.63) is 66.7 Å². The molecule has 144 valence electrons. The van der Waals surface area contributed by atoms with Crippen LogP contribution in [0.25, 0.3) is 21.7 Å². The molecule has 0 spiro atoms. The molecular weight excluding hydrogens is 382 g/mol. The van der Waals surface area contributed by atoms with E-state index in [9.17, 15) is 0 Å².